The summed E-state index contributed by atoms with van der Waals surface area (Å²) in [6, 6.07) is 0. The molecule has 0 aromatic carbocycles. The summed E-state index contributed by atoms with van der Waals surface area (Å²) in [7, 11) is 0. The summed E-state index contributed by atoms with van der Waals surface area (Å²) in [5.41, 5.74) is 2.56. The first kappa shape index (κ1) is 9.99. The summed E-state index contributed by atoms with van der Waals surface area (Å²) in [5.74, 6) is 0. The second kappa shape index (κ2) is 4.23. The molecule has 0 aliphatic carbocycles. The van der Waals surface area contributed by atoms with Crippen molar-refractivity contribution >= 4 is 11.6 Å². The quantitative estimate of drug-likeness (QED) is 0.654. The van der Waals surface area contributed by atoms with Crippen molar-refractivity contribution in [3.8, 4) is 0 Å². The smallest absolute Gasteiger partial charge is 0.0938 e. The van der Waals surface area contributed by atoms with Crippen molar-refractivity contribution in [3.05, 3.63) is 11.1 Å². The van der Waals surface area contributed by atoms with E-state index in [4.69, 9.17) is 11.6 Å². The molecule has 1 aliphatic heterocycles. The Hall–Kier alpha value is -0.0900. The van der Waals surface area contributed by atoms with E-state index >= 15 is 0 Å². The van der Waals surface area contributed by atoms with Crippen LogP contribution in [-0.4, -0.2) is 47.0 Å². The third-order valence-corrected chi connectivity index (χ3v) is 2.37. The highest BCUT2D eigenvalue weighted by Crippen LogP contribution is 2.11. The van der Waals surface area contributed by atoms with Crippen LogP contribution in [0.3, 0.4) is 0 Å². The molecule has 0 radical (unpaired) electrons. The van der Waals surface area contributed by atoms with Gasteiger partial charge in [0.05, 0.1) is 12.2 Å². The molecule has 0 aromatic rings. The molecular formula is C8H14ClNO2. The molecule has 2 atom stereocenters. The topological polar surface area (TPSA) is 43.7 Å². The summed E-state index contributed by atoms with van der Waals surface area (Å²) in [5, 5.41) is 18.4. The van der Waals surface area contributed by atoms with Crippen LogP contribution >= 0.6 is 11.6 Å². The Balaban J connectivity index is 2.37. The zero-order valence-electron chi connectivity index (χ0n) is 7.07. The van der Waals surface area contributed by atoms with Gasteiger partial charge in [-0.1, -0.05) is 11.6 Å². The van der Waals surface area contributed by atoms with Gasteiger partial charge in [-0.3, -0.25) is 4.90 Å². The minimum absolute atomic E-state index is 0.531. The fourth-order valence-corrected chi connectivity index (χ4v) is 1.43. The molecule has 70 valence electrons. The minimum Gasteiger partial charge on any atom is -0.389 e. The second-order valence-electron chi connectivity index (χ2n) is 3.28. The third kappa shape index (κ3) is 2.45. The molecule has 0 amide bonds. The maximum Gasteiger partial charge on any atom is 0.0938 e. The maximum absolute atomic E-state index is 9.21. The molecule has 0 spiro atoms. The molecule has 0 aromatic heterocycles. The standard InChI is InChI=1S/C8H14ClNO2/c1-6(2-9)3-10-4-7(11)8(12)5-10/h2,7-8,11-12H,3-5H2,1H3/t7-,8+. The largest absolute Gasteiger partial charge is 0.389 e. The van der Waals surface area contributed by atoms with E-state index in [0.29, 0.717) is 13.1 Å². The Bertz CT molecular complexity index is 174. The number of likely N-dealkylation sites (tertiary alicyclic amines) is 1. The summed E-state index contributed by atoms with van der Waals surface area (Å²) < 4.78 is 0. The molecule has 0 unspecified atom stereocenters. The van der Waals surface area contributed by atoms with Gasteiger partial charge in [-0.05, 0) is 12.5 Å². The lowest BCUT2D eigenvalue weighted by Crippen LogP contribution is -2.23. The number of hydrogen-bond acceptors (Lipinski definition) is 3. The highest BCUT2D eigenvalue weighted by atomic mass is 35.5. The molecule has 0 bridgehead atoms. The Morgan fingerprint density at radius 2 is 2.00 bits per heavy atom. The number of halogens is 1. The van der Waals surface area contributed by atoms with E-state index in [1.807, 2.05) is 11.8 Å². The predicted molar refractivity (Wildman–Crippen MR) is 48.1 cm³/mol. The molecule has 0 saturated carbocycles. The average molecular weight is 192 g/mol. The summed E-state index contributed by atoms with van der Waals surface area (Å²) >= 11 is 5.49. The highest BCUT2D eigenvalue weighted by Gasteiger charge is 2.28. The number of aliphatic hydroxyl groups excluding tert-OH is 2. The molecule has 3 nitrogen and oxygen atoms in total. The van der Waals surface area contributed by atoms with E-state index in [0.717, 1.165) is 12.1 Å². The van der Waals surface area contributed by atoms with Crippen molar-refractivity contribution in [1.82, 2.24) is 4.90 Å². The molecule has 1 fully saturated rings. The van der Waals surface area contributed by atoms with Crippen LogP contribution in [0.15, 0.2) is 11.1 Å². The first-order valence-corrected chi connectivity index (χ1v) is 4.41. The van der Waals surface area contributed by atoms with Crippen LogP contribution in [0.2, 0.25) is 0 Å². The normalized spacial score (nSPS) is 32.8. The van der Waals surface area contributed by atoms with Crippen LogP contribution in [0.4, 0.5) is 0 Å². The molecule has 1 heterocycles. The summed E-state index contributed by atoms with van der Waals surface area (Å²) in [6.45, 7) is 3.70. The van der Waals surface area contributed by atoms with Gasteiger partial charge in [-0.2, -0.15) is 0 Å². The molecule has 1 rings (SSSR count). The lowest BCUT2D eigenvalue weighted by molar-refractivity contribution is 0.0572. The van der Waals surface area contributed by atoms with Gasteiger partial charge in [-0.25, -0.2) is 0 Å². The molecule has 1 saturated heterocycles. The van der Waals surface area contributed by atoms with Crippen LogP contribution in [-0.2, 0) is 0 Å². The van der Waals surface area contributed by atoms with Crippen LogP contribution < -0.4 is 0 Å². The first-order chi connectivity index (χ1) is 5.63. The summed E-state index contributed by atoms with van der Waals surface area (Å²) in [4.78, 5) is 1.98. The Kier molecular flexibility index (Phi) is 3.53. The van der Waals surface area contributed by atoms with Gasteiger partial charge in [0, 0.05) is 25.2 Å². The molecular weight excluding hydrogens is 178 g/mol. The van der Waals surface area contributed by atoms with E-state index in [1.54, 1.807) is 0 Å². The van der Waals surface area contributed by atoms with Gasteiger partial charge in [-0.15, -0.1) is 0 Å². The second-order valence-corrected chi connectivity index (χ2v) is 3.50. The fraction of sp³-hybridized carbons (Fsp3) is 0.750. The van der Waals surface area contributed by atoms with Crippen molar-refractivity contribution in [3.63, 3.8) is 0 Å². The zero-order chi connectivity index (χ0) is 9.14. The lowest BCUT2D eigenvalue weighted by Gasteiger charge is -2.13. The predicted octanol–water partition coefficient (Wildman–Crippen LogP) is 0.166. The number of rotatable bonds is 2. The van der Waals surface area contributed by atoms with Crippen molar-refractivity contribution in [1.29, 1.82) is 0 Å². The van der Waals surface area contributed by atoms with Crippen molar-refractivity contribution in [2.24, 2.45) is 0 Å². The number of aliphatic hydroxyl groups is 2. The van der Waals surface area contributed by atoms with E-state index in [2.05, 4.69) is 0 Å². The van der Waals surface area contributed by atoms with E-state index in [1.165, 1.54) is 5.54 Å². The monoisotopic (exact) mass is 191 g/mol. The van der Waals surface area contributed by atoms with Gasteiger partial charge < -0.3 is 10.2 Å². The van der Waals surface area contributed by atoms with Crippen LogP contribution in [0.1, 0.15) is 6.92 Å². The van der Waals surface area contributed by atoms with E-state index < -0.39 is 12.2 Å². The van der Waals surface area contributed by atoms with Gasteiger partial charge in [0.15, 0.2) is 0 Å². The highest BCUT2D eigenvalue weighted by molar-refractivity contribution is 6.25. The number of hydrogen-bond donors (Lipinski definition) is 2. The Morgan fingerprint density at radius 3 is 2.42 bits per heavy atom. The molecule has 4 heteroatoms. The van der Waals surface area contributed by atoms with Crippen molar-refractivity contribution in [2.45, 2.75) is 19.1 Å². The lowest BCUT2D eigenvalue weighted by atomic mass is 10.3. The fourth-order valence-electron chi connectivity index (χ4n) is 1.36. The maximum atomic E-state index is 9.21. The minimum atomic E-state index is -0.604. The van der Waals surface area contributed by atoms with Gasteiger partial charge in [0.25, 0.3) is 0 Å². The van der Waals surface area contributed by atoms with E-state index in [-0.39, 0.29) is 0 Å². The number of nitrogens with zero attached hydrogens (tertiary/aromatic N) is 1. The Labute approximate surface area is 77.2 Å². The SMILES string of the molecule is CC(=CCl)CN1C[C@@H](O)[C@@H](O)C1. The van der Waals surface area contributed by atoms with Gasteiger partial charge >= 0.3 is 0 Å². The molecule has 12 heavy (non-hydrogen) atoms. The summed E-state index contributed by atoms with van der Waals surface area (Å²) in [6.07, 6.45) is -1.21. The zero-order valence-corrected chi connectivity index (χ0v) is 7.83. The van der Waals surface area contributed by atoms with Crippen molar-refractivity contribution in [2.75, 3.05) is 19.6 Å². The van der Waals surface area contributed by atoms with E-state index in [9.17, 15) is 10.2 Å². The first-order valence-electron chi connectivity index (χ1n) is 3.98. The van der Waals surface area contributed by atoms with Crippen LogP contribution in [0.25, 0.3) is 0 Å². The number of β-amino-alcohol motifs (C(OH)–C–C–N with tert-alkyl or cyclic N) is 2. The van der Waals surface area contributed by atoms with Crippen molar-refractivity contribution < 1.29 is 10.2 Å². The molecule has 1 aliphatic rings. The third-order valence-electron chi connectivity index (χ3n) is 1.99. The van der Waals surface area contributed by atoms with Gasteiger partial charge in [0.2, 0.25) is 0 Å². The van der Waals surface area contributed by atoms with Crippen LogP contribution in [0.5, 0.6) is 0 Å². The van der Waals surface area contributed by atoms with Gasteiger partial charge in [0.1, 0.15) is 0 Å². The average Bonchev–Trinajstić information content (AvgIpc) is 2.31. The van der Waals surface area contributed by atoms with Crippen LogP contribution in [0, 0.1) is 0 Å². The Morgan fingerprint density at radius 1 is 1.50 bits per heavy atom. The molecule has 2 N–H and O–H groups in total.